The zero-order valence-electron chi connectivity index (χ0n) is 9.84. The number of halogens is 1. The summed E-state index contributed by atoms with van der Waals surface area (Å²) in [4.78, 5) is 19.3. The number of amidine groups is 1. The predicted octanol–water partition coefficient (Wildman–Crippen LogP) is 1.63. The highest BCUT2D eigenvalue weighted by Gasteiger charge is 2.08. The lowest BCUT2D eigenvalue weighted by atomic mass is 10.2. The molecule has 2 aromatic rings. The van der Waals surface area contributed by atoms with Crippen molar-refractivity contribution in [2.24, 2.45) is 10.9 Å². The minimum Gasteiger partial charge on any atom is -0.380 e. The molecule has 5 nitrogen and oxygen atoms in total. The lowest BCUT2D eigenvalue weighted by molar-refractivity contribution is -0.378. The van der Waals surface area contributed by atoms with Crippen molar-refractivity contribution in [3.8, 4) is 0 Å². The summed E-state index contributed by atoms with van der Waals surface area (Å²) >= 11 is 5.78. The predicted molar refractivity (Wildman–Crippen MR) is 70.6 cm³/mol. The Labute approximate surface area is 114 Å². The van der Waals surface area contributed by atoms with Crippen LogP contribution in [0.2, 0.25) is 5.02 Å². The molecule has 0 unspecified atom stereocenters. The van der Waals surface area contributed by atoms with Crippen LogP contribution in [0.5, 0.6) is 0 Å². The Morgan fingerprint density at radius 2 is 1.95 bits per heavy atom. The third-order valence-corrected chi connectivity index (χ3v) is 2.54. The van der Waals surface area contributed by atoms with Gasteiger partial charge in [0.05, 0.1) is 5.56 Å². The summed E-state index contributed by atoms with van der Waals surface area (Å²) in [6.07, 6.45) is 3.38. The fourth-order valence-electron chi connectivity index (χ4n) is 1.37. The molecule has 1 heterocycles. The van der Waals surface area contributed by atoms with E-state index in [1.54, 1.807) is 42.7 Å². The first kappa shape index (κ1) is 13.0. The van der Waals surface area contributed by atoms with Crippen molar-refractivity contribution >= 4 is 23.4 Å². The molecule has 0 saturated carbocycles. The van der Waals surface area contributed by atoms with E-state index >= 15 is 0 Å². The van der Waals surface area contributed by atoms with Crippen LogP contribution in [0.25, 0.3) is 0 Å². The lowest BCUT2D eigenvalue weighted by Gasteiger charge is -2.00. The molecule has 0 aliphatic heterocycles. The van der Waals surface area contributed by atoms with Crippen molar-refractivity contribution in [3.63, 3.8) is 0 Å². The van der Waals surface area contributed by atoms with Gasteiger partial charge in [0.25, 0.3) is 0 Å². The number of rotatable bonds is 3. The molecule has 0 amide bonds. The zero-order valence-corrected chi connectivity index (χ0v) is 10.6. The van der Waals surface area contributed by atoms with Crippen LogP contribution in [0.15, 0.2) is 53.9 Å². The van der Waals surface area contributed by atoms with E-state index in [2.05, 4.69) is 10.1 Å². The second-order valence-electron chi connectivity index (χ2n) is 3.65. The van der Waals surface area contributed by atoms with Gasteiger partial charge in [-0.15, -0.1) is 0 Å². The quantitative estimate of drug-likeness (QED) is 0.400. The highest BCUT2D eigenvalue weighted by Crippen LogP contribution is 2.11. The lowest BCUT2D eigenvalue weighted by Crippen LogP contribution is -2.16. The Balaban J connectivity index is 2.08. The summed E-state index contributed by atoms with van der Waals surface area (Å²) in [5, 5.41) is 4.04. The second-order valence-corrected chi connectivity index (χ2v) is 4.09. The molecule has 1 aromatic carbocycles. The fourth-order valence-corrected chi connectivity index (χ4v) is 1.56. The molecular formula is C13H11ClN3O2+. The van der Waals surface area contributed by atoms with Gasteiger partial charge in [0, 0.05) is 22.7 Å². The molecule has 0 atom stereocenters. The molecule has 19 heavy (non-hydrogen) atoms. The van der Waals surface area contributed by atoms with Gasteiger partial charge >= 0.3 is 5.97 Å². The van der Waals surface area contributed by atoms with Gasteiger partial charge in [0.2, 0.25) is 0 Å². The highest BCUT2D eigenvalue weighted by molar-refractivity contribution is 6.30. The number of nitrogens with one attached hydrogen (secondary N) is 1. The van der Waals surface area contributed by atoms with Crippen LogP contribution in [0, 0.1) is 0 Å². The van der Waals surface area contributed by atoms with Crippen molar-refractivity contribution < 1.29 is 14.6 Å². The molecule has 2 rings (SSSR count). The van der Waals surface area contributed by atoms with E-state index < -0.39 is 5.97 Å². The number of aromatic nitrogens is 1. The summed E-state index contributed by atoms with van der Waals surface area (Å²) in [5.74, 6) is -0.502. The first-order valence-electron chi connectivity index (χ1n) is 5.43. The Bertz CT molecular complexity index is 614. The van der Waals surface area contributed by atoms with Crippen LogP contribution >= 0.6 is 11.6 Å². The summed E-state index contributed by atoms with van der Waals surface area (Å²) < 4.78 is 0. The standard InChI is InChI=1S/C13H10ClN3O2/c14-11-3-1-2-10(8-11)13(18)19-17-12(15)9-4-6-16-7-5-9/h1-8H,(H2,15,17)/p+1. The van der Waals surface area contributed by atoms with Crippen LogP contribution < -0.4 is 10.7 Å². The Morgan fingerprint density at radius 1 is 1.21 bits per heavy atom. The number of hydrogen-bond donors (Lipinski definition) is 1. The minimum absolute atomic E-state index is 0.115. The first-order valence-corrected chi connectivity index (χ1v) is 5.81. The zero-order chi connectivity index (χ0) is 13.7. The molecule has 96 valence electrons. The van der Waals surface area contributed by atoms with Crippen LogP contribution in [0.4, 0.5) is 0 Å². The van der Waals surface area contributed by atoms with E-state index in [-0.39, 0.29) is 5.84 Å². The number of nitrogens with zero attached hydrogens (tertiary/aromatic N) is 1. The topological polar surface area (TPSA) is 78.8 Å². The summed E-state index contributed by atoms with van der Waals surface area (Å²) in [6.45, 7) is 0. The summed E-state index contributed by atoms with van der Waals surface area (Å²) in [6, 6.07) is 9.82. The number of pyridine rings is 1. The number of hydrogen-bond acceptors (Lipinski definition) is 3. The fraction of sp³-hybridized carbons (Fsp3) is 0. The number of aromatic amines is 1. The van der Waals surface area contributed by atoms with Crippen molar-refractivity contribution in [3.05, 3.63) is 64.9 Å². The van der Waals surface area contributed by atoms with Gasteiger partial charge in [-0.2, -0.15) is 0 Å². The van der Waals surface area contributed by atoms with E-state index in [1.807, 2.05) is 0 Å². The van der Waals surface area contributed by atoms with Crippen LogP contribution in [0.3, 0.4) is 0 Å². The molecule has 0 bridgehead atoms. The molecule has 1 aromatic heterocycles. The number of oxime groups is 1. The van der Waals surface area contributed by atoms with E-state index in [0.29, 0.717) is 16.1 Å². The maximum absolute atomic E-state index is 11.7. The SMILES string of the molecule is NC(=NOC(=O)c1cccc(Cl)c1)c1cc[nH+]cc1. The summed E-state index contributed by atoms with van der Waals surface area (Å²) in [5.41, 5.74) is 6.65. The van der Waals surface area contributed by atoms with E-state index in [1.165, 1.54) is 6.07 Å². The third-order valence-electron chi connectivity index (χ3n) is 2.30. The normalized spacial score (nSPS) is 11.1. The van der Waals surface area contributed by atoms with E-state index in [0.717, 1.165) is 0 Å². The average Bonchev–Trinajstić information content (AvgIpc) is 2.45. The molecule has 0 aliphatic carbocycles. The molecule has 6 heteroatoms. The van der Waals surface area contributed by atoms with Gasteiger partial charge < -0.3 is 10.6 Å². The maximum Gasteiger partial charge on any atom is 0.365 e. The molecule has 0 aliphatic rings. The van der Waals surface area contributed by atoms with Crippen molar-refractivity contribution in [2.45, 2.75) is 0 Å². The smallest absolute Gasteiger partial charge is 0.365 e. The molecule has 0 radical (unpaired) electrons. The largest absolute Gasteiger partial charge is 0.380 e. The van der Waals surface area contributed by atoms with E-state index in [4.69, 9.17) is 22.2 Å². The number of nitrogens with two attached hydrogens (primary N) is 1. The Hall–Kier alpha value is -2.40. The summed E-state index contributed by atoms with van der Waals surface area (Å²) in [7, 11) is 0. The van der Waals surface area contributed by atoms with E-state index in [9.17, 15) is 4.79 Å². The Morgan fingerprint density at radius 3 is 2.63 bits per heavy atom. The number of H-pyrrole nitrogens is 1. The number of carbonyl (C=O) groups excluding carboxylic acids is 1. The first-order chi connectivity index (χ1) is 9.16. The van der Waals surface area contributed by atoms with Crippen LogP contribution in [-0.4, -0.2) is 11.8 Å². The van der Waals surface area contributed by atoms with Gasteiger partial charge in [0.15, 0.2) is 18.2 Å². The van der Waals surface area contributed by atoms with Gasteiger partial charge in [-0.3, -0.25) is 0 Å². The molecule has 0 fully saturated rings. The van der Waals surface area contributed by atoms with Gasteiger partial charge in [-0.1, -0.05) is 22.8 Å². The maximum atomic E-state index is 11.7. The van der Waals surface area contributed by atoms with Crippen LogP contribution in [0.1, 0.15) is 15.9 Å². The molecule has 3 N–H and O–H groups in total. The molecular weight excluding hydrogens is 266 g/mol. The molecule has 0 saturated heterocycles. The highest BCUT2D eigenvalue weighted by atomic mass is 35.5. The van der Waals surface area contributed by atoms with Gasteiger partial charge in [0.1, 0.15) is 0 Å². The van der Waals surface area contributed by atoms with Crippen molar-refractivity contribution in [2.75, 3.05) is 0 Å². The number of carbonyl (C=O) groups is 1. The van der Waals surface area contributed by atoms with Crippen molar-refractivity contribution in [1.29, 1.82) is 0 Å². The Kier molecular flexibility index (Phi) is 4.10. The van der Waals surface area contributed by atoms with Gasteiger partial charge in [-0.05, 0) is 18.2 Å². The van der Waals surface area contributed by atoms with Crippen molar-refractivity contribution in [1.82, 2.24) is 0 Å². The third kappa shape index (κ3) is 3.53. The van der Waals surface area contributed by atoms with Gasteiger partial charge in [-0.25, -0.2) is 9.78 Å². The minimum atomic E-state index is -0.618. The van der Waals surface area contributed by atoms with Crippen LogP contribution in [-0.2, 0) is 4.84 Å². The monoisotopic (exact) mass is 276 g/mol. The average molecular weight is 277 g/mol. The second kappa shape index (κ2) is 5.97. The molecule has 0 spiro atoms. The number of benzene rings is 1.